The van der Waals surface area contributed by atoms with Crippen LogP contribution in [0.4, 0.5) is 0 Å². The molecule has 0 N–H and O–H groups in total. The standard InChI is InChI=1S/C14H12N4O2S/c1-3-9(17-15-7-1)13-16-14(20-18-13)12-6-5-11(21-12)10-4-2-8-19-10/h1,3,5-7,10H,2,4,8H2/t10-/m0/s1. The Morgan fingerprint density at radius 2 is 2.24 bits per heavy atom. The summed E-state index contributed by atoms with van der Waals surface area (Å²) < 4.78 is 11.0. The topological polar surface area (TPSA) is 73.9 Å². The molecule has 0 bridgehead atoms. The van der Waals surface area contributed by atoms with Crippen molar-refractivity contribution in [3.05, 3.63) is 35.3 Å². The monoisotopic (exact) mass is 300 g/mol. The molecular formula is C14H12N4O2S. The van der Waals surface area contributed by atoms with E-state index in [9.17, 15) is 0 Å². The molecule has 21 heavy (non-hydrogen) atoms. The molecular weight excluding hydrogens is 288 g/mol. The third-order valence-electron chi connectivity index (χ3n) is 3.31. The molecule has 0 aliphatic carbocycles. The Kier molecular flexibility index (Phi) is 3.21. The summed E-state index contributed by atoms with van der Waals surface area (Å²) in [6, 6.07) is 7.66. The van der Waals surface area contributed by atoms with E-state index in [1.807, 2.05) is 6.07 Å². The van der Waals surface area contributed by atoms with Crippen molar-refractivity contribution >= 4 is 11.3 Å². The molecule has 0 amide bonds. The Bertz CT molecular complexity index is 734. The van der Waals surface area contributed by atoms with Crippen LogP contribution in [0.2, 0.25) is 0 Å². The second-order valence-electron chi connectivity index (χ2n) is 4.74. The predicted molar refractivity (Wildman–Crippen MR) is 76.6 cm³/mol. The first-order chi connectivity index (χ1) is 10.4. The van der Waals surface area contributed by atoms with Crippen molar-refractivity contribution < 1.29 is 9.26 Å². The van der Waals surface area contributed by atoms with Crippen LogP contribution in [0.15, 0.2) is 35.0 Å². The molecule has 1 fully saturated rings. The smallest absolute Gasteiger partial charge is 0.268 e. The predicted octanol–water partition coefficient (Wildman–Crippen LogP) is 3.11. The van der Waals surface area contributed by atoms with E-state index < -0.39 is 0 Å². The average molecular weight is 300 g/mol. The molecule has 7 heteroatoms. The number of ether oxygens (including phenoxy) is 1. The maximum absolute atomic E-state index is 5.69. The average Bonchev–Trinajstić information content (AvgIpc) is 3.27. The van der Waals surface area contributed by atoms with Gasteiger partial charge in [0.1, 0.15) is 5.69 Å². The van der Waals surface area contributed by atoms with Crippen molar-refractivity contribution in [2.75, 3.05) is 6.61 Å². The summed E-state index contributed by atoms with van der Waals surface area (Å²) in [6.45, 7) is 0.843. The Morgan fingerprint density at radius 1 is 1.24 bits per heavy atom. The zero-order valence-corrected chi connectivity index (χ0v) is 11.9. The highest BCUT2D eigenvalue weighted by Gasteiger charge is 2.21. The van der Waals surface area contributed by atoms with E-state index in [2.05, 4.69) is 26.4 Å². The molecule has 1 aliphatic heterocycles. The molecule has 0 unspecified atom stereocenters. The molecule has 1 aliphatic rings. The van der Waals surface area contributed by atoms with Gasteiger partial charge in [0.05, 0.1) is 11.0 Å². The minimum absolute atomic E-state index is 0.214. The van der Waals surface area contributed by atoms with Gasteiger partial charge in [0.25, 0.3) is 5.89 Å². The fourth-order valence-electron chi connectivity index (χ4n) is 2.29. The third kappa shape index (κ3) is 2.45. The van der Waals surface area contributed by atoms with Gasteiger partial charge in [0, 0.05) is 17.7 Å². The molecule has 106 valence electrons. The van der Waals surface area contributed by atoms with Crippen LogP contribution in [-0.4, -0.2) is 26.9 Å². The first-order valence-corrected chi connectivity index (χ1v) is 7.55. The van der Waals surface area contributed by atoms with E-state index in [0.717, 1.165) is 24.3 Å². The summed E-state index contributed by atoms with van der Waals surface area (Å²) in [5, 5.41) is 11.7. The fraction of sp³-hybridized carbons (Fsp3) is 0.286. The Labute approximate surface area is 124 Å². The van der Waals surface area contributed by atoms with E-state index in [1.54, 1.807) is 29.7 Å². The van der Waals surface area contributed by atoms with Gasteiger partial charge in [0.15, 0.2) is 0 Å². The summed E-state index contributed by atoms with van der Waals surface area (Å²) >= 11 is 1.63. The second kappa shape index (κ2) is 5.34. The number of thiophene rings is 1. The first kappa shape index (κ1) is 12.6. The van der Waals surface area contributed by atoms with Crippen LogP contribution in [0, 0.1) is 0 Å². The van der Waals surface area contributed by atoms with Crippen LogP contribution in [0.25, 0.3) is 22.3 Å². The highest BCUT2D eigenvalue weighted by Crippen LogP contribution is 2.36. The van der Waals surface area contributed by atoms with E-state index >= 15 is 0 Å². The van der Waals surface area contributed by atoms with Crippen molar-refractivity contribution in [1.29, 1.82) is 0 Å². The molecule has 6 nitrogen and oxygen atoms in total. The quantitative estimate of drug-likeness (QED) is 0.740. The van der Waals surface area contributed by atoms with Crippen molar-refractivity contribution in [3.63, 3.8) is 0 Å². The molecule has 1 atom stereocenters. The van der Waals surface area contributed by atoms with E-state index in [1.165, 1.54) is 4.88 Å². The maximum atomic E-state index is 5.69. The van der Waals surface area contributed by atoms with Gasteiger partial charge in [-0.1, -0.05) is 5.16 Å². The van der Waals surface area contributed by atoms with Crippen LogP contribution >= 0.6 is 11.3 Å². The van der Waals surface area contributed by atoms with Gasteiger partial charge >= 0.3 is 0 Å². The lowest BCUT2D eigenvalue weighted by atomic mass is 10.2. The van der Waals surface area contributed by atoms with Gasteiger partial charge in [-0.25, -0.2) is 0 Å². The molecule has 1 saturated heterocycles. The van der Waals surface area contributed by atoms with Crippen LogP contribution in [0.1, 0.15) is 23.8 Å². The molecule has 3 aromatic heterocycles. The molecule has 4 rings (SSSR count). The maximum Gasteiger partial charge on any atom is 0.268 e. The van der Waals surface area contributed by atoms with Gasteiger partial charge in [-0.3, -0.25) is 0 Å². The summed E-state index contributed by atoms with van der Waals surface area (Å²) in [7, 11) is 0. The second-order valence-corrected chi connectivity index (χ2v) is 5.85. The normalized spacial score (nSPS) is 18.2. The van der Waals surface area contributed by atoms with E-state index in [4.69, 9.17) is 9.26 Å². The SMILES string of the molecule is c1cnnc(-c2noc(-c3ccc([C@@H]4CCCO4)s3)n2)c1. The first-order valence-electron chi connectivity index (χ1n) is 6.73. The summed E-state index contributed by atoms with van der Waals surface area (Å²) in [4.78, 5) is 6.54. The van der Waals surface area contributed by atoms with Crippen LogP contribution < -0.4 is 0 Å². The van der Waals surface area contributed by atoms with Crippen LogP contribution in [0.3, 0.4) is 0 Å². The van der Waals surface area contributed by atoms with Gasteiger partial charge in [-0.2, -0.15) is 10.1 Å². The minimum atomic E-state index is 0.214. The molecule has 4 heterocycles. The Balaban J connectivity index is 1.61. The Morgan fingerprint density at radius 3 is 3.05 bits per heavy atom. The zero-order chi connectivity index (χ0) is 14.1. The highest BCUT2D eigenvalue weighted by atomic mass is 32.1. The number of nitrogens with zero attached hydrogens (tertiary/aromatic N) is 4. The number of hydrogen-bond donors (Lipinski definition) is 0. The lowest BCUT2D eigenvalue weighted by Gasteiger charge is -2.04. The zero-order valence-electron chi connectivity index (χ0n) is 11.1. The highest BCUT2D eigenvalue weighted by molar-refractivity contribution is 7.15. The van der Waals surface area contributed by atoms with Crippen LogP contribution in [-0.2, 0) is 4.74 Å². The molecule has 3 aromatic rings. The summed E-state index contributed by atoms with van der Waals surface area (Å²) in [5.74, 6) is 0.954. The number of aromatic nitrogens is 4. The van der Waals surface area contributed by atoms with Gasteiger partial charge in [-0.15, -0.1) is 16.4 Å². The molecule has 0 radical (unpaired) electrons. The van der Waals surface area contributed by atoms with E-state index in [0.29, 0.717) is 17.4 Å². The molecule has 0 saturated carbocycles. The largest absolute Gasteiger partial charge is 0.373 e. The third-order valence-corrected chi connectivity index (χ3v) is 4.48. The van der Waals surface area contributed by atoms with Crippen molar-refractivity contribution in [2.45, 2.75) is 18.9 Å². The molecule has 0 spiro atoms. The van der Waals surface area contributed by atoms with Gasteiger partial charge in [-0.05, 0) is 37.1 Å². The van der Waals surface area contributed by atoms with E-state index in [-0.39, 0.29) is 6.10 Å². The number of rotatable bonds is 3. The number of hydrogen-bond acceptors (Lipinski definition) is 7. The minimum Gasteiger partial charge on any atom is -0.373 e. The Hall–Kier alpha value is -2.12. The van der Waals surface area contributed by atoms with Crippen LogP contribution in [0.5, 0.6) is 0 Å². The summed E-state index contributed by atoms with van der Waals surface area (Å²) in [6.07, 6.45) is 4.02. The van der Waals surface area contributed by atoms with Crippen molar-refractivity contribution in [1.82, 2.24) is 20.3 Å². The van der Waals surface area contributed by atoms with Gasteiger partial charge in [0.2, 0.25) is 5.82 Å². The summed E-state index contributed by atoms with van der Waals surface area (Å²) in [5.41, 5.74) is 0.600. The lowest BCUT2D eigenvalue weighted by molar-refractivity contribution is 0.114. The van der Waals surface area contributed by atoms with Gasteiger partial charge < -0.3 is 9.26 Å². The molecule has 0 aromatic carbocycles. The van der Waals surface area contributed by atoms with Crippen molar-refractivity contribution in [2.24, 2.45) is 0 Å². The lowest BCUT2D eigenvalue weighted by Crippen LogP contribution is -1.90. The fourth-order valence-corrected chi connectivity index (χ4v) is 3.30. The van der Waals surface area contributed by atoms with Crippen molar-refractivity contribution in [3.8, 4) is 22.3 Å².